The number of nitrogens with zero attached hydrogens (tertiary/aromatic N) is 1. The van der Waals surface area contributed by atoms with E-state index in [0.717, 1.165) is 16.7 Å². The minimum Gasteiger partial charge on any atom is -0.320 e. The molecule has 0 spiro atoms. The molecule has 1 heterocycles. The summed E-state index contributed by atoms with van der Waals surface area (Å²) in [5.41, 5.74) is 8.95. The van der Waals surface area contributed by atoms with Gasteiger partial charge in [0.05, 0.1) is 10.5 Å². The topological polar surface area (TPSA) is 38.9 Å². The van der Waals surface area contributed by atoms with Crippen molar-refractivity contribution in [2.75, 3.05) is 0 Å². The number of nitrogens with two attached hydrogens (primary N) is 1. The lowest BCUT2D eigenvalue weighted by atomic mass is 10.0. The van der Waals surface area contributed by atoms with E-state index in [9.17, 15) is 4.39 Å². The van der Waals surface area contributed by atoms with Crippen molar-refractivity contribution in [1.29, 1.82) is 0 Å². The second kappa shape index (κ2) is 4.94. The maximum atomic E-state index is 13.1. The van der Waals surface area contributed by atoms with Crippen LogP contribution in [-0.2, 0) is 0 Å². The molecule has 1 aromatic heterocycles. The fraction of sp³-hybridized carbons (Fsp3) is 0.154. The second-order valence-corrected chi connectivity index (χ2v) is 4.80. The van der Waals surface area contributed by atoms with Gasteiger partial charge in [-0.25, -0.2) is 4.39 Å². The first-order valence-corrected chi connectivity index (χ1v) is 5.99. The predicted molar refractivity (Wildman–Crippen MR) is 69.1 cm³/mol. The van der Waals surface area contributed by atoms with Crippen molar-refractivity contribution in [2.24, 2.45) is 5.73 Å². The van der Waals surface area contributed by atoms with Crippen molar-refractivity contribution in [3.05, 3.63) is 63.6 Å². The Morgan fingerprint density at radius 2 is 2.00 bits per heavy atom. The first kappa shape index (κ1) is 12.2. The van der Waals surface area contributed by atoms with Gasteiger partial charge in [-0.05, 0) is 51.7 Å². The molecule has 0 bridgehead atoms. The van der Waals surface area contributed by atoms with Crippen LogP contribution in [0.1, 0.15) is 22.7 Å². The molecule has 2 N–H and O–H groups in total. The van der Waals surface area contributed by atoms with E-state index >= 15 is 0 Å². The molecule has 2 nitrogen and oxygen atoms in total. The molecule has 1 unspecified atom stereocenters. The maximum Gasteiger partial charge on any atom is 0.137 e. The summed E-state index contributed by atoms with van der Waals surface area (Å²) >= 11 is 3.16. The predicted octanol–water partition coefficient (Wildman–Crippen LogP) is 3.34. The Balaban J connectivity index is 2.36. The van der Waals surface area contributed by atoms with Crippen LogP contribution in [0.15, 0.2) is 41.1 Å². The van der Waals surface area contributed by atoms with E-state index in [1.807, 2.05) is 13.0 Å². The Labute approximate surface area is 108 Å². The monoisotopic (exact) mass is 294 g/mol. The lowest BCUT2D eigenvalue weighted by Crippen LogP contribution is -2.12. The number of benzene rings is 1. The van der Waals surface area contributed by atoms with E-state index < -0.39 is 0 Å². The molecule has 0 aliphatic heterocycles. The van der Waals surface area contributed by atoms with Crippen molar-refractivity contribution in [1.82, 2.24) is 4.98 Å². The third-order valence-corrected chi connectivity index (χ3v) is 3.17. The minimum absolute atomic E-state index is 0.289. The summed E-state index contributed by atoms with van der Waals surface area (Å²) in [6, 6.07) is 6.48. The van der Waals surface area contributed by atoms with Gasteiger partial charge in [0.2, 0.25) is 0 Å². The fourth-order valence-corrected chi connectivity index (χ4v) is 2.04. The minimum atomic E-state index is -0.292. The third-order valence-electron chi connectivity index (χ3n) is 2.56. The van der Waals surface area contributed by atoms with Crippen LogP contribution in [0, 0.1) is 12.7 Å². The number of rotatable bonds is 2. The van der Waals surface area contributed by atoms with Crippen molar-refractivity contribution < 1.29 is 4.39 Å². The van der Waals surface area contributed by atoms with E-state index in [2.05, 4.69) is 20.9 Å². The molecule has 88 valence electrons. The van der Waals surface area contributed by atoms with Crippen LogP contribution in [0.4, 0.5) is 4.39 Å². The molecule has 0 saturated carbocycles. The standard InChI is InChI=1S/C13H12BrFN2/c1-8-4-10(7-17-6-8)13(16)9-2-3-12(15)11(14)5-9/h2-7,13H,16H2,1H3. The first-order valence-electron chi connectivity index (χ1n) is 5.20. The van der Waals surface area contributed by atoms with Gasteiger partial charge in [-0.2, -0.15) is 0 Å². The maximum absolute atomic E-state index is 13.1. The summed E-state index contributed by atoms with van der Waals surface area (Å²) in [5, 5.41) is 0. The molecule has 0 saturated heterocycles. The lowest BCUT2D eigenvalue weighted by molar-refractivity contribution is 0.619. The van der Waals surface area contributed by atoms with Crippen LogP contribution in [0.25, 0.3) is 0 Å². The van der Waals surface area contributed by atoms with E-state index in [4.69, 9.17) is 5.73 Å². The van der Waals surface area contributed by atoms with Crippen LogP contribution in [0.5, 0.6) is 0 Å². The highest BCUT2D eigenvalue weighted by Gasteiger charge is 2.11. The first-order chi connectivity index (χ1) is 8.08. The van der Waals surface area contributed by atoms with Gasteiger partial charge in [-0.1, -0.05) is 12.1 Å². The summed E-state index contributed by atoms with van der Waals surface area (Å²) in [6.45, 7) is 1.96. The van der Waals surface area contributed by atoms with Crippen LogP contribution < -0.4 is 5.73 Å². The van der Waals surface area contributed by atoms with Crippen LogP contribution in [0.2, 0.25) is 0 Å². The molecular weight excluding hydrogens is 283 g/mol. The van der Waals surface area contributed by atoms with E-state index in [-0.39, 0.29) is 11.9 Å². The smallest absolute Gasteiger partial charge is 0.137 e. The average Bonchev–Trinajstić information content (AvgIpc) is 2.32. The zero-order chi connectivity index (χ0) is 12.4. The number of hydrogen-bond donors (Lipinski definition) is 1. The van der Waals surface area contributed by atoms with Gasteiger partial charge >= 0.3 is 0 Å². The quantitative estimate of drug-likeness (QED) is 0.923. The molecule has 0 aliphatic rings. The van der Waals surface area contributed by atoms with Gasteiger partial charge in [0.25, 0.3) is 0 Å². The summed E-state index contributed by atoms with van der Waals surface area (Å²) in [5.74, 6) is -0.289. The summed E-state index contributed by atoms with van der Waals surface area (Å²) in [4.78, 5) is 4.10. The molecule has 1 atom stereocenters. The number of aromatic nitrogens is 1. The lowest BCUT2D eigenvalue weighted by Gasteiger charge is -2.13. The van der Waals surface area contributed by atoms with Crippen molar-refractivity contribution in [2.45, 2.75) is 13.0 Å². The normalized spacial score (nSPS) is 12.5. The Kier molecular flexibility index (Phi) is 3.54. The highest BCUT2D eigenvalue weighted by molar-refractivity contribution is 9.10. The summed E-state index contributed by atoms with van der Waals surface area (Å²) in [7, 11) is 0. The molecule has 17 heavy (non-hydrogen) atoms. The molecule has 0 aliphatic carbocycles. The summed E-state index contributed by atoms with van der Waals surface area (Å²) in [6.07, 6.45) is 3.51. The van der Waals surface area contributed by atoms with Gasteiger partial charge in [0.15, 0.2) is 0 Å². The summed E-state index contributed by atoms with van der Waals surface area (Å²) < 4.78 is 13.6. The highest BCUT2D eigenvalue weighted by atomic mass is 79.9. The van der Waals surface area contributed by atoms with Gasteiger partial charge in [0, 0.05) is 12.4 Å². The Morgan fingerprint density at radius 3 is 2.65 bits per heavy atom. The van der Waals surface area contributed by atoms with Gasteiger partial charge in [-0.15, -0.1) is 0 Å². The zero-order valence-electron chi connectivity index (χ0n) is 9.32. The average molecular weight is 295 g/mol. The molecule has 2 aromatic rings. The third kappa shape index (κ3) is 2.70. The van der Waals surface area contributed by atoms with Crippen LogP contribution in [0.3, 0.4) is 0 Å². The van der Waals surface area contributed by atoms with Crippen LogP contribution >= 0.6 is 15.9 Å². The molecule has 4 heteroatoms. The van der Waals surface area contributed by atoms with E-state index in [1.165, 1.54) is 6.07 Å². The molecule has 0 fully saturated rings. The Hall–Kier alpha value is -1.26. The van der Waals surface area contributed by atoms with E-state index in [0.29, 0.717) is 4.47 Å². The van der Waals surface area contributed by atoms with Crippen molar-refractivity contribution in [3.8, 4) is 0 Å². The van der Waals surface area contributed by atoms with Crippen molar-refractivity contribution in [3.63, 3.8) is 0 Å². The van der Waals surface area contributed by atoms with Gasteiger partial charge < -0.3 is 5.73 Å². The van der Waals surface area contributed by atoms with Crippen molar-refractivity contribution >= 4 is 15.9 Å². The molecule has 1 aromatic carbocycles. The molecule has 0 radical (unpaired) electrons. The number of hydrogen-bond acceptors (Lipinski definition) is 2. The number of pyridine rings is 1. The Bertz CT molecular complexity index is 543. The molecule has 0 amide bonds. The molecular formula is C13H12BrFN2. The zero-order valence-corrected chi connectivity index (χ0v) is 10.9. The SMILES string of the molecule is Cc1cncc(C(N)c2ccc(F)c(Br)c2)c1. The van der Waals surface area contributed by atoms with Gasteiger partial charge in [0.1, 0.15) is 5.82 Å². The fourth-order valence-electron chi connectivity index (χ4n) is 1.65. The van der Waals surface area contributed by atoms with E-state index in [1.54, 1.807) is 24.5 Å². The number of halogens is 2. The highest BCUT2D eigenvalue weighted by Crippen LogP contribution is 2.24. The van der Waals surface area contributed by atoms with Gasteiger partial charge in [-0.3, -0.25) is 4.98 Å². The number of aryl methyl sites for hydroxylation is 1. The second-order valence-electron chi connectivity index (χ2n) is 3.95. The molecule has 2 rings (SSSR count). The largest absolute Gasteiger partial charge is 0.320 e. The Morgan fingerprint density at radius 1 is 1.24 bits per heavy atom. The van der Waals surface area contributed by atoms with Crippen LogP contribution in [-0.4, -0.2) is 4.98 Å².